The van der Waals surface area contributed by atoms with Crippen molar-refractivity contribution in [3.05, 3.63) is 30.2 Å². The van der Waals surface area contributed by atoms with E-state index in [1.54, 1.807) is 6.33 Å². The number of hydrogen-bond donors (Lipinski definition) is 2. The van der Waals surface area contributed by atoms with E-state index < -0.39 is 0 Å². The summed E-state index contributed by atoms with van der Waals surface area (Å²) in [6.07, 6.45) is 2.65. The van der Waals surface area contributed by atoms with Gasteiger partial charge >= 0.3 is 0 Å². The molecule has 5 heteroatoms. The molecular weight excluding hydrogens is 242 g/mol. The number of likely N-dealkylation sites (N-methyl/N-ethyl adjacent to an activating group) is 1. The Morgan fingerprint density at radius 3 is 2.95 bits per heavy atom. The molecule has 100 valence electrons. The number of nitrogens with one attached hydrogen (secondary N) is 2. The molecule has 0 fully saturated rings. The second-order valence-electron chi connectivity index (χ2n) is 4.44. The first kappa shape index (κ1) is 12.0. The first-order valence-corrected chi connectivity index (χ1v) is 6.45. The van der Waals surface area contributed by atoms with Gasteiger partial charge in [-0.05, 0) is 25.2 Å². The second kappa shape index (κ2) is 5.32. The third-order valence-electron chi connectivity index (χ3n) is 3.16. The van der Waals surface area contributed by atoms with Gasteiger partial charge in [0, 0.05) is 24.2 Å². The van der Waals surface area contributed by atoms with Crippen LogP contribution in [0.5, 0.6) is 11.5 Å². The van der Waals surface area contributed by atoms with Gasteiger partial charge in [0.1, 0.15) is 13.2 Å². The van der Waals surface area contributed by atoms with Crippen LogP contribution in [0.15, 0.2) is 24.5 Å². The Bertz CT molecular complexity index is 566. The highest BCUT2D eigenvalue weighted by atomic mass is 16.6. The van der Waals surface area contributed by atoms with Crippen LogP contribution in [0.1, 0.15) is 5.69 Å². The highest BCUT2D eigenvalue weighted by Crippen LogP contribution is 2.34. The number of benzene rings is 1. The van der Waals surface area contributed by atoms with E-state index in [9.17, 15) is 0 Å². The Morgan fingerprint density at radius 1 is 1.26 bits per heavy atom. The Labute approximate surface area is 112 Å². The van der Waals surface area contributed by atoms with Crippen LogP contribution >= 0.6 is 0 Å². The number of H-pyrrole nitrogens is 1. The molecule has 0 aliphatic carbocycles. The summed E-state index contributed by atoms with van der Waals surface area (Å²) in [5, 5.41) is 3.14. The predicted octanol–water partition coefficient (Wildman–Crippen LogP) is 1.61. The predicted molar refractivity (Wildman–Crippen MR) is 72.6 cm³/mol. The molecule has 0 amide bonds. The Hall–Kier alpha value is -2.01. The molecule has 2 N–H and O–H groups in total. The third-order valence-corrected chi connectivity index (χ3v) is 3.16. The van der Waals surface area contributed by atoms with Crippen molar-refractivity contribution in [2.45, 2.75) is 6.42 Å². The zero-order valence-corrected chi connectivity index (χ0v) is 10.9. The Balaban J connectivity index is 1.91. The molecule has 5 nitrogen and oxygen atoms in total. The molecule has 0 spiro atoms. The molecule has 2 aromatic rings. The van der Waals surface area contributed by atoms with Crippen LogP contribution in [0.3, 0.4) is 0 Å². The molecule has 0 saturated heterocycles. The summed E-state index contributed by atoms with van der Waals surface area (Å²) in [6.45, 7) is 2.13. The lowest BCUT2D eigenvalue weighted by molar-refractivity contribution is 0.171. The minimum absolute atomic E-state index is 0.601. The van der Waals surface area contributed by atoms with Crippen molar-refractivity contribution in [1.29, 1.82) is 0 Å². The van der Waals surface area contributed by atoms with Crippen LogP contribution < -0.4 is 14.8 Å². The molecule has 1 aliphatic heterocycles. The minimum Gasteiger partial charge on any atom is -0.486 e. The Morgan fingerprint density at radius 2 is 2.11 bits per heavy atom. The van der Waals surface area contributed by atoms with Gasteiger partial charge < -0.3 is 19.8 Å². The van der Waals surface area contributed by atoms with Crippen LogP contribution in [0.25, 0.3) is 11.3 Å². The van der Waals surface area contributed by atoms with Gasteiger partial charge in [-0.2, -0.15) is 0 Å². The van der Waals surface area contributed by atoms with Crippen molar-refractivity contribution < 1.29 is 9.47 Å². The molecule has 2 heterocycles. The lowest BCUT2D eigenvalue weighted by Crippen LogP contribution is -2.15. The molecule has 1 aromatic carbocycles. The van der Waals surface area contributed by atoms with Crippen molar-refractivity contribution in [2.24, 2.45) is 0 Å². The van der Waals surface area contributed by atoms with E-state index in [0.717, 1.165) is 41.4 Å². The van der Waals surface area contributed by atoms with Gasteiger partial charge in [0.15, 0.2) is 11.5 Å². The SMILES string of the molecule is CNCCc1[nH]cnc1-c1ccc2c(c1)OCCO2. The second-order valence-corrected chi connectivity index (χ2v) is 4.44. The van der Waals surface area contributed by atoms with Gasteiger partial charge in [-0.25, -0.2) is 4.98 Å². The van der Waals surface area contributed by atoms with E-state index in [2.05, 4.69) is 15.3 Å². The summed E-state index contributed by atoms with van der Waals surface area (Å²) < 4.78 is 11.1. The molecule has 1 aromatic heterocycles. The van der Waals surface area contributed by atoms with Crippen LogP contribution in [0.2, 0.25) is 0 Å². The molecule has 0 unspecified atom stereocenters. The molecule has 0 bridgehead atoms. The van der Waals surface area contributed by atoms with E-state index in [4.69, 9.17) is 9.47 Å². The van der Waals surface area contributed by atoms with E-state index in [0.29, 0.717) is 13.2 Å². The summed E-state index contributed by atoms with van der Waals surface area (Å²) in [4.78, 5) is 7.60. The lowest BCUT2D eigenvalue weighted by Gasteiger charge is -2.18. The maximum Gasteiger partial charge on any atom is 0.162 e. The van der Waals surface area contributed by atoms with Crippen molar-refractivity contribution in [3.63, 3.8) is 0 Å². The standard InChI is InChI=1S/C14H17N3O2/c1-15-5-4-11-14(17-9-16-11)10-2-3-12-13(8-10)19-7-6-18-12/h2-3,8-9,15H,4-7H2,1H3,(H,16,17). The molecule has 1 aliphatic rings. The number of imidazole rings is 1. The fourth-order valence-corrected chi connectivity index (χ4v) is 2.20. The highest BCUT2D eigenvalue weighted by molar-refractivity contribution is 5.66. The van der Waals surface area contributed by atoms with Gasteiger partial charge in [-0.15, -0.1) is 0 Å². The number of rotatable bonds is 4. The topological polar surface area (TPSA) is 59.2 Å². The molecule has 0 radical (unpaired) electrons. The average Bonchev–Trinajstić information content (AvgIpc) is 2.93. The Kier molecular flexibility index (Phi) is 3.37. The van der Waals surface area contributed by atoms with Crippen molar-refractivity contribution in [2.75, 3.05) is 26.8 Å². The smallest absolute Gasteiger partial charge is 0.162 e. The first-order valence-electron chi connectivity index (χ1n) is 6.45. The van der Waals surface area contributed by atoms with Crippen molar-refractivity contribution in [3.8, 4) is 22.8 Å². The van der Waals surface area contributed by atoms with Gasteiger partial charge in [0.25, 0.3) is 0 Å². The summed E-state index contributed by atoms with van der Waals surface area (Å²) in [5.74, 6) is 1.61. The van der Waals surface area contributed by atoms with E-state index in [1.807, 2.05) is 25.2 Å². The van der Waals surface area contributed by atoms with E-state index in [1.165, 1.54) is 0 Å². The van der Waals surface area contributed by atoms with Gasteiger partial charge in [0.2, 0.25) is 0 Å². The minimum atomic E-state index is 0.601. The van der Waals surface area contributed by atoms with Crippen LogP contribution in [-0.2, 0) is 6.42 Å². The largest absolute Gasteiger partial charge is 0.486 e. The van der Waals surface area contributed by atoms with Gasteiger partial charge in [-0.3, -0.25) is 0 Å². The summed E-state index contributed by atoms with van der Waals surface area (Å²) in [6, 6.07) is 5.96. The maximum atomic E-state index is 5.61. The van der Waals surface area contributed by atoms with Crippen LogP contribution in [0.4, 0.5) is 0 Å². The molecule has 0 atom stereocenters. The zero-order valence-electron chi connectivity index (χ0n) is 10.9. The summed E-state index contributed by atoms with van der Waals surface area (Å²) >= 11 is 0. The number of aromatic amines is 1. The fourth-order valence-electron chi connectivity index (χ4n) is 2.20. The highest BCUT2D eigenvalue weighted by Gasteiger charge is 2.15. The number of hydrogen-bond acceptors (Lipinski definition) is 4. The van der Waals surface area contributed by atoms with Crippen molar-refractivity contribution >= 4 is 0 Å². The maximum absolute atomic E-state index is 5.61. The van der Waals surface area contributed by atoms with Gasteiger partial charge in [0.05, 0.1) is 12.0 Å². The monoisotopic (exact) mass is 259 g/mol. The van der Waals surface area contributed by atoms with Crippen LogP contribution in [0, 0.1) is 0 Å². The fraction of sp³-hybridized carbons (Fsp3) is 0.357. The van der Waals surface area contributed by atoms with E-state index >= 15 is 0 Å². The summed E-state index contributed by atoms with van der Waals surface area (Å²) in [7, 11) is 1.94. The van der Waals surface area contributed by atoms with Crippen molar-refractivity contribution in [1.82, 2.24) is 15.3 Å². The number of aromatic nitrogens is 2. The third kappa shape index (κ3) is 2.42. The first-order chi connectivity index (χ1) is 9.38. The lowest BCUT2D eigenvalue weighted by atomic mass is 10.1. The average molecular weight is 259 g/mol. The zero-order chi connectivity index (χ0) is 13.1. The normalized spacial score (nSPS) is 13.5. The van der Waals surface area contributed by atoms with E-state index in [-0.39, 0.29) is 0 Å². The van der Waals surface area contributed by atoms with Gasteiger partial charge in [-0.1, -0.05) is 0 Å². The molecule has 3 rings (SSSR count). The molecular formula is C14H17N3O2. The number of nitrogens with zero attached hydrogens (tertiary/aromatic N) is 1. The number of ether oxygens (including phenoxy) is 2. The quantitative estimate of drug-likeness (QED) is 0.875. The molecule has 19 heavy (non-hydrogen) atoms. The van der Waals surface area contributed by atoms with Crippen LogP contribution in [-0.4, -0.2) is 36.8 Å². The molecule has 0 saturated carbocycles. The summed E-state index contributed by atoms with van der Waals surface area (Å²) in [5.41, 5.74) is 3.16. The number of fused-ring (bicyclic) bond motifs is 1.